The molecule has 0 saturated heterocycles. The highest BCUT2D eigenvalue weighted by Gasteiger charge is 2.39. The molecule has 3 aromatic heterocycles. The van der Waals surface area contributed by atoms with Crippen molar-refractivity contribution < 1.29 is 26.4 Å². The molecule has 1 fully saturated rings. The Hall–Kier alpha value is -3.06. The quantitative estimate of drug-likeness (QED) is 0.571. The van der Waals surface area contributed by atoms with E-state index in [-0.39, 0.29) is 17.4 Å². The second kappa shape index (κ2) is 7.81. The third kappa shape index (κ3) is 3.81. The van der Waals surface area contributed by atoms with Crippen molar-refractivity contribution in [3.63, 3.8) is 0 Å². The average molecular weight is 468 g/mol. The van der Waals surface area contributed by atoms with Gasteiger partial charge in [0.25, 0.3) is 5.91 Å². The van der Waals surface area contributed by atoms with E-state index < -0.39 is 33.0 Å². The smallest absolute Gasteiger partial charge is 0.366 e. The molecule has 4 rings (SSSR count). The van der Waals surface area contributed by atoms with Gasteiger partial charge < -0.3 is 10.3 Å². The minimum absolute atomic E-state index is 0.0199. The molecule has 0 aromatic carbocycles. The van der Waals surface area contributed by atoms with Crippen LogP contribution in [0.4, 0.5) is 13.2 Å². The molecule has 1 saturated carbocycles. The number of amides is 1. The maximum absolute atomic E-state index is 12.8. The monoisotopic (exact) mass is 468 g/mol. The van der Waals surface area contributed by atoms with Crippen LogP contribution in [0.25, 0.3) is 22.6 Å². The molecule has 0 spiro atoms. The van der Waals surface area contributed by atoms with Gasteiger partial charge in [0.15, 0.2) is 5.82 Å². The highest BCUT2D eigenvalue weighted by atomic mass is 32.2. The summed E-state index contributed by atoms with van der Waals surface area (Å²) in [4.78, 5) is 24.3. The number of carbonyl (C=O) groups excluding carboxylic acids is 1. The SMILES string of the molecule is C[C@H](NS(=O)(=O)c1cnc(-c2c(C(N)=O)c3cccnc3n2C2CCC2)nc1)C(F)(F)F. The molecular formula is C19H19F3N6O3S. The number of halogens is 3. The lowest BCUT2D eigenvalue weighted by Crippen LogP contribution is -2.43. The van der Waals surface area contributed by atoms with Gasteiger partial charge in [0.1, 0.15) is 22.3 Å². The molecule has 1 atom stereocenters. The zero-order valence-electron chi connectivity index (χ0n) is 16.8. The van der Waals surface area contributed by atoms with Crippen LogP contribution in [-0.4, -0.2) is 46.1 Å². The molecule has 9 nitrogen and oxygen atoms in total. The Morgan fingerprint density at radius 2 is 1.91 bits per heavy atom. The maximum Gasteiger partial charge on any atom is 0.404 e. The second-order valence-corrected chi connectivity index (χ2v) is 9.26. The molecule has 3 N–H and O–H groups in total. The van der Waals surface area contributed by atoms with Crippen molar-refractivity contribution in [1.82, 2.24) is 24.2 Å². The zero-order valence-corrected chi connectivity index (χ0v) is 17.6. The third-order valence-electron chi connectivity index (χ3n) is 5.42. The molecule has 0 unspecified atom stereocenters. The predicted molar refractivity (Wildman–Crippen MR) is 108 cm³/mol. The summed E-state index contributed by atoms with van der Waals surface area (Å²) >= 11 is 0. The Labute approximate surface area is 180 Å². The van der Waals surface area contributed by atoms with Crippen LogP contribution in [0, 0.1) is 0 Å². The first-order valence-electron chi connectivity index (χ1n) is 9.71. The number of fused-ring (bicyclic) bond motifs is 1. The van der Waals surface area contributed by atoms with E-state index in [9.17, 15) is 26.4 Å². The fourth-order valence-corrected chi connectivity index (χ4v) is 4.67. The van der Waals surface area contributed by atoms with Gasteiger partial charge in [-0.2, -0.15) is 17.9 Å². The number of sulfonamides is 1. The minimum atomic E-state index is -4.75. The number of nitrogens with two attached hydrogens (primary N) is 1. The molecular weight excluding hydrogens is 449 g/mol. The summed E-state index contributed by atoms with van der Waals surface area (Å²) in [5.41, 5.74) is 6.62. The van der Waals surface area contributed by atoms with Crippen LogP contribution in [0.2, 0.25) is 0 Å². The van der Waals surface area contributed by atoms with Gasteiger partial charge in [-0.15, -0.1) is 0 Å². The van der Waals surface area contributed by atoms with E-state index in [1.807, 2.05) is 4.57 Å². The molecule has 0 bridgehead atoms. The molecule has 3 aromatic rings. The number of hydrogen-bond acceptors (Lipinski definition) is 6. The number of carbonyl (C=O) groups is 1. The number of hydrogen-bond donors (Lipinski definition) is 2. The highest BCUT2D eigenvalue weighted by molar-refractivity contribution is 7.89. The first kappa shape index (κ1) is 22.1. The molecule has 170 valence electrons. The van der Waals surface area contributed by atoms with E-state index in [0.29, 0.717) is 23.7 Å². The van der Waals surface area contributed by atoms with Crippen LogP contribution >= 0.6 is 0 Å². The molecule has 13 heteroatoms. The predicted octanol–water partition coefficient (Wildman–Crippen LogP) is 2.55. The van der Waals surface area contributed by atoms with Crippen LogP contribution < -0.4 is 10.5 Å². The largest absolute Gasteiger partial charge is 0.404 e. The van der Waals surface area contributed by atoms with Crippen molar-refractivity contribution >= 4 is 27.0 Å². The van der Waals surface area contributed by atoms with Crippen molar-refractivity contribution in [2.45, 2.75) is 49.3 Å². The van der Waals surface area contributed by atoms with Crippen LogP contribution in [0.1, 0.15) is 42.6 Å². The van der Waals surface area contributed by atoms with Crippen LogP contribution in [0.15, 0.2) is 35.6 Å². The van der Waals surface area contributed by atoms with Gasteiger partial charge >= 0.3 is 6.18 Å². The van der Waals surface area contributed by atoms with Gasteiger partial charge in [0, 0.05) is 17.6 Å². The summed E-state index contributed by atoms with van der Waals surface area (Å²) in [5, 5.41) is 0.517. The molecule has 1 aliphatic rings. The number of rotatable bonds is 6. The Balaban J connectivity index is 1.81. The van der Waals surface area contributed by atoms with Gasteiger partial charge in [-0.25, -0.2) is 23.4 Å². The third-order valence-corrected chi connectivity index (χ3v) is 6.92. The maximum atomic E-state index is 12.8. The minimum Gasteiger partial charge on any atom is -0.366 e. The molecule has 1 aliphatic carbocycles. The van der Waals surface area contributed by atoms with Gasteiger partial charge in [-0.05, 0) is 38.3 Å². The summed E-state index contributed by atoms with van der Waals surface area (Å²) in [6, 6.07) is 1.11. The number of nitrogens with zero attached hydrogens (tertiary/aromatic N) is 4. The zero-order chi connectivity index (χ0) is 23.3. The highest BCUT2D eigenvalue weighted by Crippen LogP contribution is 2.41. The van der Waals surface area contributed by atoms with Gasteiger partial charge in [-0.3, -0.25) is 4.79 Å². The first-order chi connectivity index (χ1) is 15.0. The van der Waals surface area contributed by atoms with Crippen molar-refractivity contribution in [3.8, 4) is 11.5 Å². The first-order valence-corrected chi connectivity index (χ1v) is 11.2. The summed E-state index contributed by atoms with van der Waals surface area (Å²) in [7, 11) is -4.52. The van der Waals surface area contributed by atoms with Crippen molar-refractivity contribution in [2.75, 3.05) is 0 Å². The van der Waals surface area contributed by atoms with E-state index in [4.69, 9.17) is 5.73 Å². The summed E-state index contributed by atoms with van der Waals surface area (Å²) in [6.45, 7) is 0.690. The molecule has 32 heavy (non-hydrogen) atoms. The second-order valence-electron chi connectivity index (χ2n) is 7.54. The number of primary amides is 1. The van der Waals surface area contributed by atoms with Gasteiger partial charge in [0.05, 0.1) is 18.0 Å². The average Bonchev–Trinajstić information content (AvgIpc) is 3.01. The fraction of sp³-hybridized carbons (Fsp3) is 0.368. The standard InChI is InChI=1S/C19H19F3N6O3S/c1-10(19(20,21)22)27-32(30,31)12-8-25-17(26-9-12)15-14(16(23)29)13-6-3-7-24-18(13)28(15)11-4-2-5-11/h3,6-11,27H,2,4-5H2,1H3,(H2,23,29)/t10-/m0/s1. The van der Waals surface area contributed by atoms with E-state index in [1.165, 1.54) is 0 Å². The van der Waals surface area contributed by atoms with E-state index in [0.717, 1.165) is 31.7 Å². The molecule has 1 amide bonds. The van der Waals surface area contributed by atoms with Gasteiger partial charge in [0.2, 0.25) is 10.0 Å². The van der Waals surface area contributed by atoms with Crippen LogP contribution in [0.5, 0.6) is 0 Å². The van der Waals surface area contributed by atoms with Gasteiger partial charge in [-0.1, -0.05) is 0 Å². The summed E-state index contributed by atoms with van der Waals surface area (Å²) < 4.78 is 66.2. The fourth-order valence-electron chi connectivity index (χ4n) is 3.55. The van der Waals surface area contributed by atoms with Crippen LogP contribution in [-0.2, 0) is 10.0 Å². The molecule has 0 aliphatic heterocycles. The summed E-state index contributed by atoms with van der Waals surface area (Å²) in [6.07, 6.45) is 1.30. The van der Waals surface area contributed by atoms with Crippen LogP contribution in [0.3, 0.4) is 0 Å². The number of aromatic nitrogens is 4. The summed E-state index contributed by atoms with van der Waals surface area (Å²) in [5.74, 6) is -0.705. The topological polar surface area (TPSA) is 133 Å². The lowest BCUT2D eigenvalue weighted by atomic mass is 9.92. The number of pyridine rings is 1. The van der Waals surface area contributed by atoms with Crippen molar-refractivity contribution in [2.24, 2.45) is 5.73 Å². The Morgan fingerprint density at radius 1 is 1.25 bits per heavy atom. The van der Waals surface area contributed by atoms with E-state index in [2.05, 4.69) is 15.0 Å². The lowest BCUT2D eigenvalue weighted by Gasteiger charge is -2.29. The number of nitrogens with one attached hydrogen (secondary N) is 1. The van der Waals surface area contributed by atoms with Crippen molar-refractivity contribution in [1.29, 1.82) is 0 Å². The molecule has 0 radical (unpaired) electrons. The lowest BCUT2D eigenvalue weighted by molar-refractivity contribution is -0.147. The number of alkyl halides is 3. The van der Waals surface area contributed by atoms with Crippen molar-refractivity contribution in [3.05, 3.63) is 36.3 Å². The Morgan fingerprint density at radius 3 is 2.44 bits per heavy atom. The normalized spacial score (nSPS) is 16.1. The van der Waals surface area contributed by atoms with E-state index >= 15 is 0 Å². The Bertz CT molecular complexity index is 1280. The van der Waals surface area contributed by atoms with E-state index in [1.54, 1.807) is 23.1 Å². The Kier molecular flexibility index (Phi) is 5.41. The molecule has 3 heterocycles.